The lowest BCUT2D eigenvalue weighted by atomic mass is 9.99. The Labute approximate surface area is 87.8 Å². The molecule has 0 aromatic carbocycles. The Kier molecular flexibility index (Phi) is 2.70. The van der Waals surface area contributed by atoms with Gasteiger partial charge < -0.3 is 10.2 Å². The number of Topliss-reactive ketones (excluding diaryl/α,β-unsaturated/α-hetero) is 1. The van der Waals surface area contributed by atoms with Crippen molar-refractivity contribution in [1.29, 1.82) is 0 Å². The van der Waals surface area contributed by atoms with Crippen LogP contribution >= 0.6 is 0 Å². The molecule has 2 rings (SSSR count). The molecule has 5 nitrogen and oxygen atoms in total. The van der Waals surface area contributed by atoms with Crippen LogP contribution in [0.25, 0.3) is 0 Å². The number of amides is 2. The van der Waals surface area contributed by atoms with Crippen molar-refractivity contribution >= 4 is 17.6 Å². The summed E-state index contributed by atoms with van der Waals surface area (Å²) in [6.45, 7) is 1.10. The lowest BCUT2D eigenvalue weighted by Gasteiger charge is -2.35. The second kappa shape index (κ2) is 4.00. The Morgan fingerprint density at radius 1 is 1.20 bits per heavy atom. The summed E-state index contributed by atoms with van der Waals surface area (Å²) in [7, 11) is 0. The number of likely N-dealkylation sites (tertiary alicyclic amines) is 1. The molecule has 1 N–H and O–H groups in total. The van der Waals surface area contributed by atoms with Crippen LogP contribution in [0.5, 0.6) is 0 Å². The first kappa shape index (κ1) is 10.1. The number of piperidine rings is 2. The normalized spacial score (nSPS) is 27.9. The summed E-state index contributed by atoms with van der Waals surface area (Å²) in [5.41, 5.74) is 0. The molecule has 1 atom stereocenters. The predicted molar refractivity (Wildman–Crippen MR) is 52.0 cm³/mol. The van der Waals surface area contributed by atoms with Gasteiger partial charge in [0.2, 0.25) is 11.7 Å². The molecular weight excluding hydrogens is 196 g/mol. The highest BCUT2D eigenvalue weighted by Crippen LogP contribution is 2.17. The number of ketones is 1. The monoisotopic (exact) mass is 210 g/mol. The number of hydrogen-bond acceptors (Lipinski definition) is 3. The molecule has 1 unspecified atom stereocenters. The molecule has 0 aromatic heterocycles. The van der Waals surface area contributed by atoms with Gasteiger partial charge in [-0.15, -0.1) is 0 Å². The smallest absolute Gasteiger partial charge is 0.289 e. The number of nitrogens with one attached hydrogen (secondary N) is 1. The summed E-state index contributed by atoms with van der Waals surface area (Å²) < 4.78 is 0. The Morgan fingerprint density at radius 2 is 2.00 bits per heavy atom. The largest absolute Gasteiger partial charge is 0.349 e. The van der Waals surface area contributed by atoms with Crippen molar-refractivity contribution in [3.63, 3.8) is 0 Å². The van der Waals surface area contributed by atoms with Gasteiger partial charge >= 0.3 is 0 Å². The second-order valence-electron chi connectivity index (χ2n) is 3.97. The van der Waals surface area contributed by atoms with Crippen molar-refractivity contribution in [2.75, 3.05) is 13.1 Å². The van der Waals surface area contributed by atoms with E-state index in [0.717, 1.165) is 12.8 Å². The first-order valence-corrected chi connectivity index (χ1v) is 5.31. The van der Waals surface area contributed by atoms with Crippen molar-refractivity contribution in [3.05, 3.63) is 0 Å². The molecule has 2 heterocycles. The number of carbonyl (C=O) groups excluding carboxylic acids is 3. The molecule has 2 aliphatic rings. The van der Waals surface area contributed by atoms with Crippen LogP contribution in [0.4, 0.5) is 0 Å². The number of hydrogen-bond donors (Lipinski definition) is 1. The van der Waals surface area contributed by atoms with Crippen LogP contribution in [0, 0.1) is 0 Å². The Balaban J connectivity index is 2.11. The molecule has 0 aliphatic carbocycles. The third kappa shape index (κ3) is 1.86. The second-order valence-corrected chi connectivity index (χ2v) is 3.97. The highest BCUT2D eigenvalue weighted by atomic mass is 16.2. The Hall–Kier alpha value is -1.39. The molecule has 0 spiro atoms. The molecule has 5 heteroatoms. The maximum Gasteiger partial charge on any atom is 0.289 e. The van der Waals surface area contributed by atoms with Gasteiger partial charge in [-0.3, -0.25) is 14.4 Å². The van der Waals surface area contributed by atoms with Crippen LogP contribution < -0.4 is 5.32 Å². The van der Waals surface area contributed by atoms with E-state index in [1.807, 2.05) is 0 Å². The molecule has 2 fully saturated rings. The molecule has 0 saturated carbocycles. The maximum atomic E-state index is 11.6. The topological polar surface area (TPSA) is 66.5 Å². The van der Waals surface area contributed by atoms with Crippen molar-refractivity contribution in [2.45, 2.75) is 31.7 Å². The molecule has 2 aliphatic heterocycles. The van der Waals surface area contributed by atoms with Gasteiger partial charge in [-0.05, 0) is 19.3 Å². The van der Waals surface area contributed by atoms with E-state index in [1.165, 1.54) is 0 Å². The van der Waals surface area contributed by atoms with E-state index in [-0.39, 0.29) is 5.91 Å². The number of rotatable bonds is 1. The van der Waals surface area contributed by atoms with Gasteiger partial charge in [0.15, 0.2) is 0 Å². The highest BCUT2D eigenvalue weighted by molar-refractivity contribution is 6.39. The molecule has 2 saturated heterocycles. The average molecular weight is 210 g/mol. The summed E-state index contributed by atoms with van der Waals surface area (Å²) in [6, 6.07) is -0.508. The minimum atomic E-state index is -0.551. The first-order chi connectivity index (χ1) is 7.20. The van der Waals surface area contributed by atoms with Crippen LogP contribution in [-0.4, -0.2) is 41.6 Å². The third-order valence-corrected chi connectivity index (χ3v) is 2.97. The Bertz CT molecular complexity index is 314. The third-order valence-electron chi connectivity index (χ3n) is 2.97. The van der Waals surface area contributed by atoms with Gasteiger partial charge in [-0.25, -0.2) is 0 Å². The quantitative estimate of drug-likeness (QED) is 0.591. The SMILES string of the molecule is O=C1NCCC(N2CCCCC2=O)C1=O. The van der Waals surface area contributed by atoms with E-state index in [2.05, 4.69) is 5.32 Å². The molecule has 15 heavy (non-hydrogen) atoms. The predicted octanol–water partition coefficient (Wildman–Crippen LogP) is -0.544. The zero-order chi connectivity index (χ0) is 10.8. The summed E-state index contributed by atoms with van der Waals surface area (Å²) in [6.07, 6.45) is 2.88. The van der Waals surface area contributed by atoms with Crippen molar-refractivity contribution in [1.82, 2.24) is 10.2 Å². The van der Waals surface area contributed by atoms with Crippen LogP contribution in [0.2, 0.25) is 0 Å². The minimum absolute atomic E-state index is 0.00861. The minimum Gasteiger partial charge on any atom is -0.349 e. The average Bonchev–Trinajstić information content (AvgIpc) is 2.23. The maximum absolute atomic E-state index is 11.6. The Morgan fingerprint density at radius 3 is 2.73 bits per heavy atom. The summed E-state index contributed by atoms with van der Waals surface area (Å²) in [5, 5.41) is 2.49. The van der Waals surface area contributed by atoms with Crippen LogP contribution in [0.1, 0.15) is 25.7 Å². The van der Waals surface area contributed by atoms with Gasteiger partial charge in [-0.1, -0.05) is 0 Å². The molecule has 2 amide bonds. The van der Waals surface area contributed by atoms with Crippen LogP contribution in [-0.2, 0) is 14.4 Å². The van der Waals surface area contributed by atoms with E-state index in [9.17, 15) is 14.4 Å². The van der Waals surface area contributed by atoms with Crippen LogP contribution in [0.3, 0.4) is 0 Å². The molecule has 0 aromatic rings. The van der Waals surface area contributed by atoms with Crippen molar-refractivity contribution < 1.29 is 14.4 Å². The van der Waals surface area contributed by atoms with E-state index in [0.29, 0.717) is 25.9 Å². The fourth-order valence-electron chi connectivity index (χ4n) is 2.15. The lowest BCUT2D eigenvalue weighted by Crippen LogP contribution is -2.56. The zero-order valence-electron chi connectivity index (χ0n) is 8.49. The van der Waals surface area contributed by atoms with E-state index < -0.39 is 17.7 Å². The molecular formula is C10H14N2O3. The van der Waals surface area contributed by atoms with E-state index in [1.54, 1.807) is 4.90 Å². The van der Waals surface area contributed by atoms with E-state index in [4.69, 9.17) is 0 Å². The van der Waals surface area contributed by atoms with Gasteiger partial charge in [0.1, 0.15) is 6.04 Å². The molecule has 82 valence electrons. The van der Waals surface area contributed by atoms with Gasteiger partial charge in [-0.2, -0.15) is 0 Å². The zero-order valence-corrected chi connectivity index (χ0v) is 8.49. The molecule has 0 bridgehead atoms. The standard InChI is InChI=1S/C10H14N2O3/c13-8-3-1-2-6-12(8)7-4-5-11-10(15)9(7)14/h7H,1-6H2,(H,11,15). The van der Waals surface area contributed by atoms with Crippen LogP contribution in [0.15, 0.2) is 0 Å². The van der Waals surface area contributed by atoms with Gasteiger partial charge in [0.05, 0.1) is 0 Å². The lowest BCUT2D eigenvalue weighted by molar-refractivity contribution is -0.148. The summed E-state index contributed by atoms with van der Waals surface area (Å²) in [5.74, 6) is -1.00. The number of nitrogens with zero attached hydrogens (tertiary/aromatic N) is 1. The molecule has 0 radical (unpaired) electrons. The highest BCUT2D eigenvalue weighted by Gasteiger charge is 2.36. The summed E-state index contributed by atoms with van der Waals surface area (Å²) >= 11 is 0. The first-order valence-electron chi connectivity index (χ1n) is 5.31. The number of carbonyl (C=O) groups is 3. The summed E-state index contributed by atoms with van der Waals surface area (Å²) in [4.78, 5) is 35.9. The van der Waals surface area contributed by atoms with Crippen molar-refractivity contribution in [3.8, 4) is 0 Å². The van der Waals surface area contributed by atoms with E-state index >= 15 is 0 Å². The van der Waals surface area contributed by atoms with Gasteiger partial charge in [0.25, 0.3) is 5.91 Å². The fourth-order valence-corrected chi connectivity index (χ4v) is 2.15. The van der Waals surface area contributed by atoms with Crippen molar-refractivity contribution in [2.24, 2.45) is 0 Å². The fraction of sp³-hybridized carbons (Fsp3) is 0.700. The van der Waals surface area contributed by atoms with Gasteiger partial charge in [0, 0.05) is 19.5 Å².